The fraction of sp³-hybridized carbons (Fsp3) is 0.594. The molecule has 15 heteroatoms. The Labute approximate surface area is 270 Å². The maximum Gasteiger partial charge on any atom is 0.513 e. The molecule has 254 valence electrons. The van der Waals surface area contributed by atoms with Crippen molar-refractivity contribution in [1.82, 2.24) is 4.90 Å². The number of carbonyl (C=O) groups is 5. The molecule has 6 rings (SSSR count). The van der Waals surface area contributed by atoms with E-state index < -0.39 is 78.4 Å². The average Bonchev–Trinajstić information content (AvgIpc) is 3.37. The molecule has 3 aliphatic heterocycles. The van der Waals surface area contributed by atoms with Crippen LogP contribution in [0, 0.1) is 5.92 Å². The van der Waals surface area contributed by atoms with Gasteiger partial charge in [0.2, 0.25) is 6.29 Å². The number of rotatable bonds is 7. The number of likely N-dealkylation sites (tertiary alicyclic amines) is 1. The Morgan fingerprint density at radius 3 is 2.23 bits per heavy atom. The van der Waals surface area contributed by atoms with Gasteiger partial charge in [-0.25, -0.2) is 9.59 Å². The van der Waals surface area contributed by atoms with Gasteiger partial charge in [0.25, 0.3) is 0 Å². The number of benzene rings is 1. The van der Waals surface area contributed by atoms with Gasteiger partial charge in [-0.3, -0.25) is 14.4 Å². The first-order valence-electron chi connectivity index (χ1n) is 15.3. The number of ether oxygens (including phenoxy) is 9. The second kappa shape index (κ2) is 12.4. The van der Waals surface area contributed by atoms with Gasteiger partial charge >= 0.3 is 30.0 Å². The number of carbonyl (C=O) groups excluding carboxylic acids is 5. The molecule has 2 aliphatic carbocycles. The number of nitrogens with zero attached hydrogens (tertiary/aromatic N) is 1. The molecule has 0 amide bonds. The molecular formula is C32H37NO14. The van der Waals surface area contributed by atoms with Gasteiger partial charge < -0.3 is 47.5 Å². The lowest BCUT2D eigenvalue weighted by Gasteiger charge is -2.57. The molecule has 5 aliphatic rings. The molecule has 2 fully saturated rings. The molecule has 1 aromatic carbocycles. The van der Waals surface area contributed by atoms with Crippen LogP contribution < -0.4 is 9.47 Å². The molecular weight excluding hydrogens is 622 g/mol. The van der Waals surface area contributed by atoms with Crippen molar-refractivity contribution in [3.8, 4) is 11.5 Å². The van der Waals surface area contributed by atoms with Crippen LogP contribution in [-0.4, -0.2) is 112 Å². The number of piperidine rings is 1. The maximum atomic E-state index is 13.0. The van der Waals surface area contributed by atoms with Crippen molar-refractivity contribution in [2.24, 2.45) is 5.92 Å². The van der Waals surface area contributed by atoms with E-state index in [-0.39, 0.29) is 17.7 Å². The first-order chi connectivity index (χ1) is 22.4. The molecule has 0 unspecified atom stereocenters. The van der Waals surface area contributed by atoms with Crippen molar-refractivity contribution in [3.05, 3.63) is 35.4 Å². The smallest absolute Gasteiger partial charge is 0.482 e. The molecule has 2 saturated heterocycles. The third-order valence-corrected chi connectivity index (χ3v) is 9.60. The van der Waals surface area contributed by atoms with Gasteiger partial charge in [-0.05, 0) is 38.1 Å². The summed E-state index contributed by atoms with van der Waals surface area (Å²) in [6.45, 7) is 4.11. The summed E-state index contributed by atoms with van der Waals surface area (Å²) in [6.07, 6.45) is -4.76. The Kier molecular flexibility index (Phi) is 8.65. The molecule has 0 N–H and O–H groups in total. The van der Waals surface area contributed by atoms with E-state index in [1.807, 2.05) is 12.1 Å². The van der Waals surface area contributed by atoms with E-state index in [0.29, 0.717) is 12.2 Å². The molecule has 2 bridgehead atoms. The molecule has 0 radical (unpaired) electrons. The lowest BCUT2D eigenvalue weighted by atomic mass is 9.53. The molecule has 3 heterocycles. The minimum atomic E-state index is -1.61. The van der Waals surface area contributed by atoms with Crippen LogP contribution in [0.25, 0.3) is 0 Å². The van der Waals surface area contributed by atoms with E-state index in [0.717, 1.165) is 52.0 Å². The summed E-state index contributed by atoms with van der Waals surface area (Å²) in [5.74, 6) is -2.70. The molecule has 10 atom stereocenters. The summed E-state index contributed by atoms with van der Waals surface area (Å²) in [4.78, 5) is 64.1. The predicted octanol–water partition coefficient (Wildman–Crippen LogP) is 1.36. The van der Waals surface area contributed by atoms with E-state index in [4.69, 9.17) is 42.6 Å². The second-order valence-electron chi connectivity index (χ2n) is 12.2. The van der Waals surface area contributed by atoms with Crippen LogP contribution >= 0.6 is 0 Å². The molecule has 0 aromatic heterocycles. The van der Waals surface area contributed by atoms with Crippen molar-refractivity contribution in [2.45, 2.75) is 88.0 Å². The summed E-state index contributed by atoms with van der Waals surface area (Å²) < 4.78 is 50.9. The van der Waals surface area contributed by atoms with Crippen molar-refractivity contribution in [1.29, 1.82) is 0 Å². The minimum absolute atomic E-state index is 0.00901. The standard InChI is InChI=1S/C32H37NO14/c1-14(34)41-24-25(42-15(2)35)27(43-16(3)36)30(47-26(24)29(37)39-5)44-21-10-8-18-19-13-17-7-9-20(45-31(38)40-6)23-22(17)32(18,28(21)46-23)11-12-33(19)4/h7-10,18-19,21,24-28,30H,11-13H2,1-6H3/t18-,19+,21-,24-,25-,26-,27+,28-,30+,32-/m0/s1. The first kappa shape index (κ1) is 32.7. The van der Waals surface area contributed by atoms with Crippen molar-refractivity contribution >= 4 is 30.0 Å². The van der Waals surface area contributed by atoms with Crippen LogP contribution in [-0.2, 0) is 64.2 Å². The summed E-state index contributed by atoms with van der Waals surface area (Å²) in [5, 5.41) is 0. The number of hydrogen-bond donors (Lipinski definition) is 0. The van der Waals surface area contributed by atoms with Crippen molar-refractivity contribution < 1.29 is 66.6 Å². The fourth-order valence-corrected chi connectivity index (χ4v) is 7.88. The van der Waals surface area contributed by atoms with Gasteiger partial charge in [-0.1, -0.05) is 18.2 Å². The van der Waals surface area contributed by atoms with Crippen molar-refractivity contribution in [2.75, 3.05) is 27.8 Å². The summed E-state index contributed by atoms with van der Waals surface area (Å²) in [5.41, 5.74) is 1.38. The van der Waals surface area contributed by atoms with E-state index in [1.165, 1.54) is 7.11 Å². The molecule has 15 nitrogen and oxygen atoms in total. The fourth-order valence-electron chi connectivity index (χ4n) is 7.88. The van der Waals surface area contributed by atoms with Crippen molar-refractivity contribution in [3.63, 3.8) is 0 Å². The SMILES string of the molecule is COC(=O)Oc1ccc2c3c1O[C@H]1[C@@H](O[C@@H]4O[C@H](C(=O)OC)[C@@H](OC(C)=O)[C@H](OC(C)=O)[C@H]4OC(C)=O)C=C[C@H]4[C@@H](C2)N(C)CC[C@@]341. The summed E-state index contributed by atoms with van der Waals surface area (Å²) in [7, 11) is 4.41. The third-order valence-electron chi connectivity index (χ3n) is 9.60. The maximum absolute atomic E-state index is 13.0. The van der Waals surface area contributed by atoms with E-state index in [2.05, 4.69) is 18.0 Å². The monoisotopic (exact) mass is 659 g/mol. The Balaban J connectivity index is 1.41. The highest BCUT2D eigenvalue weighted by atomic mass is 16.7. The van der Waals surface area contributed by atoms with Gasteiger partial charge in [0.1, 0.15) is 12.2 Å². The van der Waals surface area contributed by atoms with E-state index in [9.17, 15) is 24.0 Å². The molecule has 47 heavy (non-hydrogen) atoms. The van der Waals surface area contributed by atoms with Gasteiger partial charge in [0.05, 0.1) is 14.2 Å². The number of hydrogen-bond acceptors (Lipinski definition) is 15. The zero-order valence-electron chi connectivity index (χ0n) is 26.8. The summed E-state index contributed by atoms with van der Waals surface area (Å²) in [6, 6.07) is 3.76. The zero-order valence-corrected chi connectivity index (χ0v) is 26.8. The van der Waals surface area contributed by atoms with Crippen LogP contribution in [0.1, 0.15) is 38.3 Å². The van der Waals surface area contributed by atoms with Gasteiger partial charge in [-0.15, -0.1) is 0 Å². The minimum Gasteiger partial charge on any atom is -0.482 e. The van der Waals surface area contributed by atoms with Crippen LogP contribution in [0.2, 0.25) is 0 Å². The van der Waals surface area contributed by atoms with Gasteiger partial charge in [0.15, 0.2) is 35.9 Å². The quantitative estimate of drug-likeness (QED) is 0.178. The Bertz CT molecular complexity index is 1510. The van der Waals surface area contributed by atoms with Crippen LogP contribution in [0.3, 0.4) is 0 Å². The third kappa shape index (κ3) is 5.49. The summed E-state index contributed by atoms with van der Waals surface area (Å²) >= 11 is 0. The molecule has 1 spiro atoms. The predicted molar refractivity (Wildman–Crippen MR) is 155 cm³/mol. The highest BCUT2D eigenvalue weighted by Crippen LogP contribution is 2.63. The van der Waals surface area contributed by atoms with Crippen LogP contribution in [0.5, 0.6) is 11.5 Å². The van der Waals surface area contributed by atoms with Gasteiger partial charge in [-0.2, -0.15) is 0 Å². The average molecular weight is 660 g/mol. The number of methoxy groups -OCH3 is 2. The van der Waals surface area contributed by atoms with E-state index >= 15 is 0 Å². The zero-order chi connectivity index (χ0) is 33.8. The Hall–Kier alpha value is -4.21. The van der Waals surface area contributed by atoms with Gasteiger partial charge in [0, 0.05) is 43.7 Å². The Morgan fingerprint density at radius 2 is 1.57 bits per heavy atom. The second-order valence-corrected chi connectivity index (χ2v) is 12.2. The van der Waals surface area contributed by atoms with Crippen LogP contribution in [0.15, 0.2) is 24.3 Å². The topological polar surface area (TPSA) is 172 Å². The lowest BCUT2D eigenvalue weighted by Crippen LogP contribution is -2.67. The molecule has 0 saturated carbocycles. The lowest BCUT2D eigenvalue weighted by molar-refractivity contribution is -0.313. The number of esters is 4. The largest absolute Gasteiger partial charge is 0.513 e. The number of likely N-dealkylation sites (N-methyl/N-ethyl adjacent to an activating group) is 1. The Morgan fingerprint density at radius 1 is 0.894 bits per heavy atom. The highest BCUT2D eigenvalue weighted by Gasteiger charge is 2.66. The van der Waals surface area contributed by atoms with E-state index in [1.54, 1.807) is 6.07 Å². The molecule has 1 aromatic rings. The normalized spacial score (nSPS) is 34.6. The highest BCUT2D eigenvalue weighted by molar-refractivity contribution is 5.77. The van der Waals surface area contributed by atoms with Crippen LogP contribution in [0.4, 0.5) is 4.79 Å². The first-order valence-corrected chi connectivity index (χ1v) is 15.3.